The van der Waals surface area contributed by atoms with Gasteiger partial charge in [-0.15, -0.1) is 0 Å². The fourth-order valence-electron chi connectivity index (χ4n) is 5.20. The Labute approximate surface area is 208 Å². The van der Waals surface area contributed by atoms with Crippen molar-refractivity contribution in [1.82, 2.24) is 0 Å². The molecule has 0 saturated heterocycles. The Bertz CT molecular complexity index is 1220. The van der Waals surface area contributed by atoms with Crippen LogP contribution < -0.4 is 14.8 Å². The molecule has 0 aromatic heterocycles. The molecule has 0 radical (unpaired) electrons. The summed E-state index contributed by atoms with van der Waals surface area (Å²) in [6, 6.07) is 16.7. The summed E-state index contributed by atoms with van der Waals surface area (Å²) >= 11 is 9.75. The summed E-state index contributed by atoms with van der Waals surface area (Å²) in [5, 5.41) is 4.59. The number of fused-ring (bicyclic) bond motifs is 3. The summed E-state index contributed by atoms with van der Waals surface area (Å²) in [6.07, 6.45) is 5.77. The summed E-state index contributed by atoms with van der Waals surface area (Å²) < 4.78 is 12.8. The highest BCUT2D eigenvalue weighted by molar-refractivity contribution is 9.10. The van der Waals surface area contributed by atoms with Crippen molar-refractivity contribution in [2.45, 2.75) is 38.8 Å². The lowest BCUT2D eigenvalue weighted by Gasteiger charge is -2.39. The second kappa shape index (κ2) is 9.08. The topological polar surface area (TPSA) is 30.5 Å². The van der Waals surface area contributed by atoms with Crippen LogP contribution in [-0.4, -0.2) is 7.11 Å². The average molecular weight is 525 g/mol. The normalized spacial score (nSPS) is 20.7. The van der Waals surface area contributed by atoms with Crippen molar-refractivity contribution in [3.63, 3.8) is 0 Å². The molecule has 0 amide bonds. The maximum absolute atomic E-state index is 6.15. The number of ether oxygens (including phenoxy) is 2. The highest BCUT2D eigenvalue weighted by Crippen LogP contribution is 2.52. The maximum Gasteiger partial charge on any atom is 0.175 e. The van der Waals surface area contributed by atoms with Crippen molar-refractivity contribution in [2.75, 3.05) is 12.4 Å². The van der Waals surface area contributed by atoms with E-state index >= 15 is 0 Å². The number of aryl methyl sites for hydroxylation is 2. The molecule has 0 fully saturated rings. The monoisotopic (exact) mass is 523 g/mol. The van der Waals surface area contributed by atoms with E-state index in [2.05, 4.69) is 71.5 Å². The number of methoxy groups -OCH3 is 1. The van der Waals surface area contributed by atoms with E-state index in [-0.39, 0.29) is 6.04 Å². The predicted octanol–water partition coefficient (Wildman–Crippen LogP) is 8.13. The Balaban J connectivity index is 1.47. The van der Waals surface area contributed by atoms with E-state index in [0.29, 0.717) is 29.2 Å². The molecule has 0 saturated carbocycles. The maximum atomic E-state index is 6.15. The van der Waals surface area contributed by atoms with Gasteiger partial charge in [0, 0.05) is 16.6 Å². The van der Waals surface area contributed by atoms with Crippen LogP contribution in [0, 0.1) is 19.8 Å². The van der Waals surface area contributed by atoms with Crippen molar-refractivity contribution in [3.05, 3.63) is 98.0 Å². The lowest BCUT2D eigenvalue weighted by Crippen LogP contribution is -2.29. The van der Waals surface area contributed by atoms with E-state index in [0.717, 1.165) is 22.2 Å². The summed E-state index contributed by atoms with van der Waals surface area (Å²) in [5.41, 5.74) is 7.53. The van der Waals surface area contributed by atoms with Crippen molar-refractivity contribution in [3.8, 4) is 11.5 Å². The van der Waals surface area contributed by atoms with Gasteiger partial charge in [-0.05, 0) is 88.6 Å². The minimum atomic E-state index is 0.189. The smallest absolute Gasteiger partial charge is 0.175 e. The molecule has 5 heteroatoms. The van der Waals surface area contributed by atoms with E-state index in [1.807, 2.05) is 24.3 Å². The average Bonchev–Trinajstić information content (AvgIpc) is 3.29. The molecule has 1 aliphatic carbocycles. The number of anilines is 1. The summed E-state index contributed by atoms with van der Waals surface area (Å²) in [6.45, 7) is 4.81. The Kier molecular flexibility index (Phi) is 6.15. The van der Waals surface area contributed by atoms with E-state index in [1.165, 1.54) is 27.9 Å². The molecule has 1 N–H and O–H groups in total. The van der Waals surface area contributed by atoms with Gasteiger partial charge < -0.3 is 14.8 Å². The number of rotatable bonds is 5. The molecule has 1 heterocycles. The SMILES string of the molecule is COc1cc([C@@H]2Nc3c(C)cc(C)cc3[C@@H]3C=CC[C@@H]32)cc(Br)c1OCc1ccc(Cl)cc1. The number of hydrogen-bond donors (Lipinski definition) is 1. The third-order valence-electron chi connectivity index (χ3n) is 6.72. The summed E-state index contributed by atoms with van der Waals surface area (Å²) in [5.74, 6) is 2.33. The molecule has 5 rings (SSSR count). The second-order valence-corrected chi connectivity index (χ2v) is 10.3. The van der Waals surface area contributed by atoms with Gasteiger partial charge in [0.2, 0.25) is 0 Å². The zero-order chi connectivity index (χ0) is 23.1. The van der Waals surface area contributed by atoms with Crippen LogP contribution in [0.5, 0.6) is 11.5 Å². The third kappa shape index (κ3) is 4.27. The standard InChI is InChI=1S/C28H27BrClNO2/c1-16-11-17(2)26-23(12-16)21-5-4-6-22(21)27(31-26)19-13-24(29)28(25(14-19)32-3)33-15-18-7-9-20(30)10-8-18/h4-5,7-14,21-22,27,31H,6,15H2,1-3H3/t21-,22+,27+/m1/s1. The predicted molar refractivity (Wildman–Crippen MR) is 139 cm³/mol. The van der Waals surface area contributed by atoms with Crippen LogP contribution in [0.2, 0.25) is 5.02 Å². The van der Waals surface area contributed by atoms with Crippen LogP contribution in [-0.2, 0) is 6.61 Å². The second-order valence-electron chi connectivity index (χ2n) is 8.97. The van der Waals surface area contributed by atoms with Crippen LogP contribution in [0.1, 0.15) is 46.2 Å². The first-order valence-electron chi connectivity index (χ1n) is 11.2. The quantitative estimate of drug-likeness (QED) is 0.342. The molecule has 3 atom stereocenters. The first-order valence-corrected chi connectivity index (χ1v) is 12.4. The lowest BCUT2D eigenvalue weighted by atomic mass is 9.76. The molecule has 0 unspecified atom stereocenters. The van der Waals surface area contributed by atoms with Gasteiger partial charge in [-0.25, -0.2) is 0 Å². The zero-order valence-corrected chi connectivity index (χ0v) is 21.3. The number of hydrogen-bond acceptors (Lipinski definition) is 3. The van der Waals surface area contributed by atoms with Gasteiger partial charge in [0.05, 0.1) is 17.6 Å². The van der Waals surface area contributed by atoms with E-state index in [9.17, 15) is 0 Å². The Morgan fingerprint density at radius 1 is 1.09 bits per heavy atom. The van der Waals surface area contributed by atoms with Gasteiger partial charge in [-0.3, -0.25) is 0 Å². The first kappa shape index (κ1) is 22.4. The summed E-state index contributed by atoms with van der Waals surface area (Å²) in [4.78, 5) is 0. The van der Waals surface area contributed by atoms with E-state index < -0.39 is 0 Å². The molecular weight excluding hydrogens is 498 g/mol. The third-order valence-corrected chi connectivity index (χ3v) is 7.56. The number of nitrogens with one attached hydrogen (secondary N) is 1. The van der Waals surface area contributed by atoms with Gasteiger partial charge in [0.15, 0.2) is 11.5 Å². The fourth-order valence-corrected chi connectivity index (χ4v) is 5.90. The highest BCUT2D eigenvalue weighted by atomic mass is 79.9. The molecule has 33 heavy (non-hydrogen) atoms. The van der Waals surface area contributed by atoms with Gasteiger partial charge in [-0.2, -0.15) is 0 Å². The van der Waals surface area contributed by atoms with Crippen LogP contribution in [0.25, 0.3) is 0 Å². The van der Waals surface area contributed by atoms with Crippen molar-refractivity contribution in [1.29, 1.82) is 0 Å². The van der Waals surface area contributed by atoms with Crippen molar-refractivity contribution >= 4 is 33.2 Å². The Morgan fingerprint density at radius 3 is 2.64 bits per heavy atom. The molecule has 1 aliphatic heterocycles. The molecule has 170 valence electrons. The van der Waals surface area contributed by atoms with E-state index in [4.69, 9.17) is 21.1 Å². The summed E-state index contributed by atoms with van der Waals surface area (Å²) in [7, 11) is 1.69. The number of halogens is 2. The minimum absolute atomic E-state index is 0.189. The molecule has 2 aliphatic rings. The molecule has 3 aromatic carbocycles. The Hall–Kier alpha value is -2.43. The van der Waals surface area contributed by atoms with Gasteiger partial charge in [-0.1, -0.05) is 53.6 Å². The molecule has 3 aromatic rings. The fraction of sp³-hybridized carbons (Fsp3) is 0.286. The van der Waals surface area contributed by atoms with Crippen molar-refractivity contribution < 1.29 is 9.47 Å². The molecule has 0 bridgehead atoms. The molecule has 0 spiro atoms. The molecule has 3 nitrogen and oxygen atoms in total. The van der Waals surface area contributed by atoms with Crippen LogP contribution >= 0.6 is 27.5 Å². The zero-order valence-electron chi connectivity index (χ0n) is 19.0. The van der Waals surface area contributed by atoms with Gasteiger partial charge in [0.25, 0.3) is 0 Å². The van der Waals surface area contributed by atoms with Crippen LogP contribution in [0.3, 0.4) is 0 Å². The number of benzene rings is 3. The van der Waals surface area contributed by atoms with E-state index in [1.54, 1.807) is 7.11 Å². The van der Waals surface area contributed by atoms with Gasteiger partial charge >= 0.3 is 0 Å². The minimum Gasteiger partial charge on any atom is -0.493 e. The van der Waals surface area contributed by atoms with Crippen LogP contribution in [0.4, 0.5) is 5.69 Å². The Morgan fingerprint density at radius 2 is 1.88 bits per heavy atom. The lowest BCUT2D eigenvalue weighted by molar-refractivity contribution is 0.282. The first-order chi connectivity index (χ1) is 15.9. The largest absolute Gasteiger partial charge is 0.493 e. The van der Waals surface area contributed by atoms with Crippen molar-refractivity contribution in [2.24, 2.45) is 5.92 Å². The molecular formula is C28H27BrClNO2. The van der Waals surface area contributed by atoms with Crippen LogP contribution in [0.15, 0.2) is 65.2 Å². The number of allylic oxidation sites excluding steroid dienone is 2. The highest BCUT2D eigenvalue weighted by Gasteiger charge is 2.39. The van der Waals surface area contributed by atoms with Gasteiger partial charge in [0.1, 0.15) is 6.61 Å².